The molecule has 1 aromatic heterocycles. The van der Waals surface area contributed by atoms with E-state index in [4.69, 9.17) is 10.2 Å². The molecule has 2 rings (SSSR count). The van der Waals surface area contributed by atoms with Crippen molar-refractivity contribution in [3.05, 3.63) is 23.7 Å². The van der Waals surface area contributed by atoms with E-state index in [-0.39, 0.29) is 0 Å². The number of aliphatic imine (C=N–C) groups is 1. The second-order valence-electron chi connectivity index (χ2n) is 3.80. The number of rotatable bonds is 2. The number of hydrogen-bond acceptors (Lipinski definition) is 3. The van der Waals surface area contributed by atoms with E-state index >= 15 is 0 Å². The summed E-state index contributed by atoms with van der Waals surface area (Å²) in [6.45, 7) is 4.55. The first-order valence-corrected chi connectivity index (χ1v) is 6.58. The molecule has 0 aromatic carbocycles. The summed E-state index contributed by atoms with van der Waals surface area (Å²) in [5.41, 5.74) is 7.07. The largest absolute Gasteiger partial charge is 0.467 e. The molecule has 0 spiro atoms. The molecule has 0 bridgehead atoms. The number of nitrogens with two attached hydrogens (primary N) is 1. The predicted molar refractivity (Wildman–Crippen MR) is 67.7 cm³/mol. The third kappa shape index (κ3) is 2.72. The summed E-state index contributed by atoms with van der Waals surface area (Å²) in [7, 11) is 0. The summed E-state index contributed by atoms with van der Waals surface area (Å²) in [5, 5.41) is 0. The standard InChI is InChI=1S/C11H17N3OS/c1-9-2-5-15-10(9)8-13-11(12)14-3-6-16-7-4-14/h2,5H,3-4,6-8H2,1H3,(H2,12,13). The van der Waals surface area contributed by atoms with Gasteiger partial charge in [-0.25, -0.2) is 4.99 Å². The van der Waals surface area contributed by atoms with Crippen LogP contribution in [0.5, 0.6) is 0 Å². The quantitative estimate of drug-likeness (QED) is 0.627. The minimum atomic E-state index is 0.536. The molecular weight excluding hydrogens is 222 g/mol. The number of guanidine groups is 1. The van der Waals surface area contributed by atoms with Gasteiger partial charge in [-0.2, -0.15) is 11.8 Å². The average Bonchev–Trinajstić information content (AvgIpc) is 2.73. The molecule has 0 radical (unpaired) electrons. The van der Waals surface area contributed by atoms with Gasteiger partial charge in [-0.1, -0.05) is 0 Å². The molecule has 1 aliphatic rings. The molecule has 2 N–H and O–H groups in total. The van der Waals surface area contributed by atoms with Crippen LogP contribution in [0.4, 0.5) is 0 Å². The molecule has 88 valence electrons. The maximum atomic E-state index is 5.94. The second-order valence-corrected chi connectivity index (χ2v) is 5.03. The van der Waals surface area contributed by atoms with Crippen molar-refractivity contribution < 1.29 is 4.42 Å². The van der Waals surface area contributed by atoms with Gasteiger partial charge in [0.15, 0.2) is 5.96 Å². The number of aryl methyl sites for hydroxylation is 1. The van der Waals surface area contributed by atoms with Crippen molar-refractivity contribution in [3.8, 4) is 0 Å². The normalized spacial score (nSPS) is 17.8. The van der Waals surface area contributed by atoms with Crippen LogP contribution in [0.2, 0.25) is 0 Å². The van der Waals surface area contributed by atoms with Crippen molar-refractivity contribution in [2.24, 2.45) is 10.7 Å². The van der Waals surface area contributed by atoms with Crippen molar-refractivity contribution >= 4 is 17.7 Å². The van der Waals surface area contributed by atoms with Crippen LogP contribution in [0.3, 0.4) is 0 Å². The van der Waals surface area contributed by atoms with E-state index in [0.29, 0.717) is 12.5 Å². The van der Waals surface area contributed by atoms with E-state index in [9.17, 15) is 0 Å². The lowest BCUT2D eigenvalue weighted by Crippen LogP contribution is -2.42. The zero-order valence-corrected chi connectivity index (χ0v) is 10.3. The molecule has 2 heterocycles. The highest BCUT2D eigenvalue weighted by Gasteiger charge is 2.12. The van der Waals surface area contributed by atoms with E-state index in [1.54, 1.807) is 6.26 Å². The van der Waals surface area contributed by atoms with E-state index in [1.165, 1.54) is 0 Å². The molecule has 0 aliphatic carbocycles. The minimum Gasteiger partial charge on any atom is -0.467 e. The third-order valence-corrected chi connectivity index (χ3v) is 3.63. The Hall–Kier alpha value is -1.10. The van der Waals surface area contributed by atoms with Gasteiger partial charge in [-0.3, -0.25) is 0 Å². The van der Waals surface area contributed by atoms with Crippen molar-refractivity contribution in [1.82, 2.24) is 4.90 Å². The smallest absolute Gasteiger partial charge is 0.191 e. The number of hydrogen-bond donors (Lipinski definition) is 1. The second kappa shape index (κ2) is 5.30. The Morgan fingerprint density at radius 3 is 2.94 bits per heavy atom. The first-order chi connectivity index (χ1) is 7.77. The number of thioether (sulfide) groups is 1. The highest BCUT2D eigenvalue weighted by Crippen LogP contribution is 2.11. The molecule has 0 atom stereocenters. The lowest BCUT2D eigenvalue weighted by atomic mass is 10.3. The third-order valence-electron chi connectivity index (χ3n) is 2.69. The van der Waals surface area contributed by atoms with Crippen molar-refractivity contribution in [2.45, 2.75) is 13.5 Å². The van der Waals surface area contributed by atoms with Crippen LogP contribution in [0.15, 0.2) is 21.7 Å². The lowest BCUT2D eigenvalue weighted by molar-refractivity contribution is 0.452. The van der Waals surface area contributed by atoms with Gasteiger partial charge >= 0.3 is 0 Å². The van der Waals surface area contributed by atoms with Gasteiger partial charge in [-0.15, -0.1) is 0 Å². The Morgan fingerprint density at radius 1 is 1.56 bits per heavy atom. The van der Waals surface area contributed by atoms with Crippen molar-refractivity contribution in [2.75, 3.05) is 24.6 Å². The fourth-order valence-electron chi connectivity index (χ4n) is 1.61. The van der Waals surface area contributed by atoms with Crippen LogP contribution >= 0.6 is 11.8 Å². The van der Waals surface area contributed by atoms with E-state index in [1.807, 2.05) is 24.8 Å². The molecule has 1 aromatic rings. The molecular formula is C11H17N3OS. The summed E-state index contributed by atoms with van der Waals surface area (Å²) < 4.78 is 5.32. The Morgan fingerprint density at radius 2 is 2.31 bits per heavy atom. The Balaban J connectivity index is 1.93. The Kier molecular flexibility index (Phi) is 3.77. The maximum Gasteiger partial charge on any atom is 0.191 e. The molecule has 1 fully saturated rings. The molecule has 0 amide bonds. The van der Waals surface area contributed by atoms with Gasteiger partial charge in [0.2, 0.25) is 0 Å². The Labute approximate surface area is 99.9 Å². The summed E-state index contributed by atoms with van der Waals surface area (Å²) in [6, 6.07) is 1.94. The average molecular weight is 239 g/mol. The van der Waals surface area contributed by atoms with Gasteiger partial charge in [0.1, 0.15) is 12.3 Å². The minimum absolute atomic E-state index is 0.536. The Bertz CT molecular complexity index is 369. The number of nitrogens with zero attached hydrogens (tertiary/aromatic N) is 2. The summed E-state index contributed by atoms with van der Waals surface area (Å²) in [4.78, 5) is 6.50. The van der Waals surface area contributed by atoms with Crippen LogP contribution in [-0.4, -0.2) is 35.5 Å². The fourth-order valence-corrected chi connectivity index (χ4v) is 2.51. The van der Waals surface area contributed by atoms with Crippen LogP contribution in [0.1, 0.15) is 11.3 Å². The van der Waals surface area contributed by atoms with Gasteiger partial charge < -0.3 is 15.1 Å². The van der Waals surface area contributed by atoms with Crippen molar-refractivity contribution in [1.29, 1.82) is 0 Å². The first kappa shape index (κ1) is 11.4. The SMILES string of the molecule is Cc1ccoc1CN=C(N)N1CCSCC1. The molecule has 5 heteroatoms. The fraction of sp³-hybridized carbons (Fsp3) is 0.545. The zero-order chi connectivity index (χ0) is 11.4. The van der Waals surface area contributed by atoms with Gasteiger partial charge in [0.05, 0.1) is 6.26 Å². The summed E-state index contributed by atoms with van der Waals surface area (Å²) in [5.74, 6) is 3.80. The molecule has 0 saturated carbocycles. The molecule has 4 nitrogen and oxygen atoms in total. The first-order valence-electron chi connectivity index (χ1n) is 5.43. The van der Waals surface area contributed by atoms with Crippen molar-refractivity contribution in [3.63, 3.8) is 0 Å². The van der Waals surface area contributed by atoms with Crippen LogP contribution in [-0.2, 0) is 6.54 Å². The van der Waals surface area contributed by atoms with Crippen LogP contribution in [0.25, 0.3) is 0 Å². The topological polar surface area (TPSA) is 54.8 Å². The highest BCUT2D eigenvalue weighted by molar-refractivity contribution is 7.99. The van der Waals surface area contributed by atoms with Gasteiger partial charge in [-0.05, 0) is 18.6 Å². The van der Waals surface area contributed by atoms with E-state index in [0.717, 1.165) is 35.9 Å². The number of furan rings is 1. The molecule has 16 heavy (non-hydrogen) atoms. The monoisotopic (exact) mass is 239 g/mol. The zero-order valence-electron chi connectivity index (χ0n) is 9.48. The molecule has 1 saturated heterocycles. The molecule has 0 unspecified atom stereocenters. The maximum absolute atomic E-state index is 5.94. The lowest BCUT2D eigenvalue weighted by Gasteiger charge is -2.27. The van der Waals surface area contributed by atoms with Crippen LogP contribution in [0, 0.1) is 6.92 Å². The van der Waals surface area contributed by atoms with Gasteiger partial charge in [0, 0.05) is 24.6 Å². The van der Waals surface area contributed by atoms with E-state index < -0.39 is 0 Å². The van der Waals surface area contributed by atoms with Gasteiger partial charge in [0.25, 0.3) is 0 Å². The predicted octanol–water partition coefficient (Wildman–Crippen LogP) is 1.45. The van der Waals surface area contributed by atoms with E-state index in [2.05, 4.69) is 9.89 Å². The summed E-state index contributed by atoms with van der Waals surface area (Å²) in [6.07, 6.45) is 1.69. The van der Waals surface area contributed by atoms with Crippen LogP contribution < -0.4 is 5.73 Å². The molecule has 1 aliphatic heterocycles. The summed E-state index contributed by atoms with van der Waals surface area (Å²) >= 11 is 1.96. The highest BCUT2D eigenvalue weighted by atomic mass is 32.2.